The van der Waals surface area contributed by atoms with Crippen LogP contribution in [0.15, 0.2) is 18.6 Å². The zero-order valence-electron chi connectivity index (χ0n) is 13.2. The van der Waals surface area contributed by atoms with E-state index in [2.05, 4.69) is 51.5 Å². The Morgan fingerprint density at radius 1 is 1.38 bits per heavy atom. The Morgan fingerprint density at radius 2 is 2.24 bits per heavy atom. The van der Waals surface area contributed by atoms with Crippen LogP contribution in [0.25, 0.3) is 0 Å². The van der Waals surface area contributed by atoms with Crippen molar-refractivity contribution in [2.45, 2.75) is 38.4 Å². The van der Waals surface area contributed by atoms with Crippen molar-refractivity contribution in [3.05, 3.63) is 18.6 Å². The SMILES string of the molecule is CC(C)N(C)CC1NNC2CN(c3cnccn3)CCC21. The van der Waals surface area contributed by atoms with E-state index in [-0.39, 0.29) is 0 Å². The average molecular weight is 290 g/mol. The Kier molecular flexibility index (Phi) is 4.37. The maximum absolute atomic E-state index is 4.41. The van der Waals surface area contributed by atoms with E-state index in [4.69, 9.17) is 0 Å². The summed E-state index contributed by atoms with van der Waals surface area (Å²) in [7, 11) is 2.20. The molecule has 2 N–H and O–H groups in total. The van der Waals surface area contributed by atoms with Crippen molar-refractivity contribution in [1.82, 2.24) is 25.7 Å². The molecule has 3 atom stereocenters. The molecule has 2 fully saturated rings. The van der Waals surface area contributed by atoms with Crippen molar-refractivity contribution in [1.29, 1.82) is 0 Å². The molecule has 1 aromatic rings. The fraction of sp³-hybridized carbons (Fsp3) is 0.733. The Morgan fingerprint density at radius 3 is 2.95 bits per heavy atom. The minimum atomic E-state index is 0.492. The molecule has 0 aromatic carbocycles. The third-order valence-corrected chi connectivity index (χ3v) is 4.88. The number of hydrogen-bond acceptors (Lipinski definition) is 6. The lowest BCUT2D eigenvalue weighted by molar-refractivity contribution is 0.218. The molecule has 6 heteroatoms. The first-order chi connectivity index (χ1) is 10.1. The summed E-state index contributed by atoms with van der Waals surface area (Å²) in [6.45, 7) is 7.65. The molecule has 1 aromatic heterocycles. The number of nitrogens with zero attached hydrogens (tertiary/aromatic N) is 4. The molecule has 0 aliphatic carbocycles. The lowest BCUT2D eigenvalue weighted by atomic mass is 9.87. The summed E-state index contributed by atoms with van der Waals surface area (Å²) < 4.78 is 0. The van der Waals surface area contributed by atoms with Gasteiger partial charge < -0.3 is 9.80 Å². The lowest BCUT2D eigenvalue weighted by Gasteiger charge is -2.37. The highest BCUT2D eigenvalue weighted by Gasteiger charge is 2.40. The van der Waals surface area contributed by atoms with Crippen molar-refractivity contribution >= 4 is 5.82 Å². The summed E-state index contributed by atoms with van der Waals surface area (Å²) in [5.41, 5.74) is 6.99. The first-order valence-electron chi connectivity index (χ1n) is 7.87. The van der Waals surface area contributed by atoms with Gasteiger partial charge in [-0.15, -0.1) is 0 Å². The van der Waals surface area contributed by atoms with E-state index in [1.54, 1.807) is 12.4 Å². The Labute approximate surface area is 126 Å². The van der Waals surface area contributed by atoms with Crippen LogP contribution >= 0.6 is 0 Å². The van der Waals surface area contributed by atoms with Gasteiger partial charge in [0.25, 0.3) is 0 Å². The number of aromatic nitrogens is 2. The van der Waals surface area contributed by atoms with Gasteiger partial charge in [-0.3, -0.25) is 15.8 Å². The second-order valence-corrected chi connectivity index (χ2v) is 6.50. The largest absolute Gasteiger partial charge is 0.354 e. The number of nitrogens with one attached hydrogen (secondary N) is 2. The number of likely N-dealkylation sites (N-methyl/N-ethyl adjacent to an activating group) is 1. The van der Waals surface area contributed by atoms with Gasteiger partial charge in [0.1, 0.15) is 5.82 Å². The van der Waals surface area contributed by atoms with E-state index < -0.39 is 0 Å². The minimum absolute atomic E-state index is 0.492. The number of fused-ring (bicyclic) bond motifs is 1. The van der Waals surface area contributed by atoms with Gasteiger partial charge in [-0.1, -0.05) is 0 Å². The molecule has 2 aliphatic rings. The molecule has 0 bridgehead atoms. The average Bonchev–Trinajstić information content (AvgIpc) is 2.90. The van der Waals surface area contributed by atoms with Gasteiger partial charge in [0.15, 0.2) is 0 Å². The first kappa shape index (κ1) is 14.7. The van der Waals surface area contributed by atoms with Gasteiger partial charge in [-0.25, -0.2) is 4.98 Å². The van der Waals surface area contributed by atoms with Gasteiger partial charge in [0.05, 0.1) is 6.20 Å². The smallest absolute Gasteiger partial charge is 0.147 e. The topological polar surface area (TPSA) is 56.3 Å². The maximum Gasteiger partial charge on any atom is 0.147 e. The highest BCUT2D eigenvalue weighted by atomic mass is 15.5. The van der Waals surface area contributed by atoms with Crippen LogP contribution in [0.1, 0.15) is 20.3 Å². The number of piperidine rings is 1. The van der Waals surface area contributed by atoms with Crippen molar-refractivity contribution in [3.8, 4) is 0 Å². The van der Waals surface area contributed by atoms with Crippen LogP contribution in [0.5, 0.6) is 0 Å². The fourth-order valence-corrected chi connectivity index (χ4v) is 3.29. The van der Waals surface area contributed by atoms with Crippen LogP contribution in [-0.2, 0) is 0 Å². The maximum atomic E-state index is 4.41. The highest BCUT2D eigenvalue weighted by molar-refractivity contribution is 5.36. The Hall–Kier alpha value is -1.24. The molecule has 116 valence electrons. The standard InChI is InChI=1S/C15H26N6/c1-11(2)20(3)9-13-12-4-7-21(10-14(12)19-18-13)15-8-16-5-6-17-15/h5-6,8,11-14,18-19H,4,7,9-10H2,1-3H3. The van der Waals surface area contributed by atoms with E-state index >= 15 is 0 Å². The van der Waals surface area contributed by atoms with Gasteiger partial charge >= 0.3 is 0 Å². The highest BCUT2D eigenvalue weighted by Crippen LogP contribution is 2.27. The van der Waals surface area contributed by atoms with E-state index in [0.29, 0.717) is 24.0 Å². The molecule has 0 amide bonds. The third-order valence-electron chi connectivity index (χ3n) is 4.88. The molecule has 0 spiro atoms. The van der Waals surface area contributed by atoms with E-state index in [9.17, 15) is 0 Å². The summed E-state index contributed by atoms with van der Waals surface area (Å²) in [5, 5.41) is 0. The monoisotopic (exact) mass is 290 g/mol. The predicted molar refractivity (Wildman–Crippen MR) is 84.0 cm³/mol. The first-order valence-corrected chi connectivity index (χ1v) is 7.87. The summed E-state index contributed by atoms with van der Waals surface area (Å²) in [6, 6.07) is 1.61. The van der Waals surface area contributed by atoms with Crippen LogP contribution in [0, 0.1) is 5.92 Å². The van der Waals surface area contributed by atoms with Crippen LogP contribution < -0.4 is 15.8 Å². The van der Waals surface area contributed by atoms with Crippen LogP contribution in [0.3, 0.4) is 0 Å². The van der Waals surface area contributed by atoms with Gasteiger partial charge in [-0.2, -0.15) is 0 Å². The number of hydrogen-bond donors (Lipinski definition) is 2. The summed E-state index contributed by atoms with van der Waals surface area (Å²) in [5.74, 6) is 1.68. The predicted octanol–water partition coefficient (Wildman–Crippen LogP) is 0.488. The van der Waals surface area contributed by atoms with Crippen molar-refractivity contribution in [3.63, 3.8) is 0 Å². The van der Waals surface area contributed by atoms with Gasteiger partial charge in [-0.05, 0) is 33.2 Å². The Bertz CT molecular complexity index is 451. The van der Waals surface area contributed by atoms with E-state index in [1.165, 1.54) is 6.42 Å². The van der Waals surface area contributed by atoms with Crippen LogP contribution in [-0.4, -0.2) is 59.7 Å². The molecular formula is C15H26N6. The Balaban J connectivity index is 1.60. The van der Waals surface area contributed by atoms with Crippen molar-refractivity contribution < 1.29 is 0 Å². The lowest BCUT2D eigenvalue weighted by Crippen LogP contribution is -2.48. The quantitative estimate of drug-likeness (QED) is 0.842. The molecule has 2 saturated heterocycles. The normalized spacial score (nSPS) is 29.2. The molecule has 2 aliphatic heterocycles. The van der Waals surface area contributed by atoms with Gasteiger partial charge in [0.2, 0.25) is 0 Å². The second-order valence-electron chi connectivity index (χ2n) is 6.50. The minimum Gasteiger partial charge on any atom is -0.354 e. The molecule has 21 heavy (non-hydrogen) atoms. The summed E-state index contributed by atoms with van der Waals surface area (Å²) >= 11 is 0. The molecule has 0 radical (unpaired) electrons. The summed E-state index contributed by atoms with van der Waals surface area (Å²) in [6.07, 6.45) is 6.54. The van der Waals surface area contributed by atoms with E-state index in [1.807, 2.05) is 6.20 Å². The summed E-state index contributed by atoms with van der Waals surface area (Å²) in [4.78, 5) is 13.3. The molecule has 3 heterocycles. The zero-order chi connectivity index (χ0) is 14.8. The zero-order valence-corrected chi connectivity index (χ0v) is 13.2. The van der Waals surface area contributed by atoms with Crippen LogP contribution in [0.4, 0.5) is 5.82 Å². The molecule has 6 nitrogen and oxygen atoms in total. The third kappa shape index (κ3) is 3.17. The van der Waals surface area contributed by atoms with Crippen molar-refractivity contribution in [2.75, 3.05) is 31.6 Å². The van der Waals surface area contributed by atoms with E-state index in [0.717, 1.165) is 25.5 Å². The van der Waals surface area contributed by atoms with Crippen molar-refractivity contribution in [2.24, 2.45) is 5.92 Å². The second kappa shape index (κ2) is 6.25. The molecule has 3 unspecified atom stereocenters. The number of rotatable bonds is 4. The number of hydrazine groups is 1. The number of anilines is 1. The van der Waals surface area contributed by atoms with Gasteiger partial charge in [0, 0.05) is 50.2 Å². The molecule has 0 saturated carbocycles. The van der Waals surface area contributed by atoms with Crippen LogP contribution in [0.2, 0.25) is 0 Å². The molecular weight excluding hydrogens is 264 g/mol. The molecule has 3 rings (SSSR count). The fourth-order valence-electron chi connectivity index (χ4n) is 3.29.